The van der Waals surface area contributed by atoms with E-state index < -0.39 is 0 Å². The van der Waals surface area contributed by atoms with Gasteiger partial charge in [0.1, 0.15) is 11.8 Å². The second-order valence-corrected chi connectivity index (χ2v) is 2.74. The molecule has 0 amide bonds. The van der Waals surface area contributed by atoms with Crippen molar-refractivity contribution in [1.82, 2.24) is 0 Å². The molecule has 0 radical (unpaired) electrons. The van der Waals surface area contributed by atoms with Crippen LogP contribution in [0.1, 0.15) is 33.2 Å². The summed E-state index contributed by atoms with van der Waals surface area (Å²) in [6.07, 6.45) is 0.439. The first-order valence-corrected chi connectivity index (χ1v) is 3.83. The lowest BCUT2D eigenvalue weighted by Crippen LogP contribution is -2.01. The van der Waals surface area contributed by atoms with Gasteiger partial charge >= 0.3 is 0 Å². The van der Waals surface area contributed by atoms with Crippen molar-refractivity contribution in [1.29, 1.82) is 5.26 Å². The minimum Gasteiger partial charge on any atom is -0.508 e. The van der Waals surface area contributed by atoms with Crippen LogP contribution in [-0.2, 0) is 0 Å². The summed E-state index contributed by atoms with van der Waals surface area (Å²) in [6, 6.07) is 4.06. The van der Waals surface area contributed by atoms with E-state index in [1.807, 2.05) is 0 Å². The van der Waals surface area contributed by atoms with Gasteiger partial charge in [0.2, 0.25) is 0 Å². The molecule has 0 bridgehead atoms. The minimum atomic E-state index is -0.362. The number of phenolic OH excluding ortho intramolecular Hbond substituents is 1. The Kier molecular flexibility index (Phi) is 2.63. The van der Waals surface area contributed by atoms with Gasteiger partial charge in [0.15, 0.2) is 12.1 Å². The van der Waals surface area contributed by atoms with Crippen molar-refractivity contribution in [2.75, 3.05) is 0 Å². The summed E-state index contributed by atoms with van der Waals surface area (Å²) in [7, 11) is 0. The molecule has 0 atom stereocenters. The van der Waals surface area contributed by atoms with Gasteiger partial charge in [-0.15, -0.1) is 0 Å². The third-order valence-electron chi connectivity index (χ3n) is 1.78. The Hall–Kier alpha value is -2.15. The number of hydrogen-bond donors (Lipinski definition) is 1. The molecular formula is C10H7NO3. The predicted molar refractivity (Wildman–Crippen MR) is 48.2 cm³/mol. The highest BCUT2D eigenvalue weighted by Gasteiger charge is 2.12. The zero-order chi connectivity index (χ0) is 10.7. The molecular weight excluding hydrogens is 182 g/mol. The number of hydrogen-bond acceptors (Lipinski definition) is 4. The van der Waals surface area contributed by atoms with E-state index in [1.54, 1.807) is 6.07 Å². The lowest BCUT2D eigenvalue weighted by molar-refractivity contribution is 0.100. The Bertz CT molecular complexity index is 443. The van der Waals surface area contributed by atoms with Crippen molar-refractivity contribution in [3.63, 3.8) is 0 Å². The minimum absolute atomic E-state index is 0.00481. The number of rotatable bonds is 2. The predicted octanol–water partition coefficient (Wildman–Crippen LogP) is 1.28. The van der Waals surface area contributed by atoms with Crippen molar-refractivity contribution in [3.8, 4) is 11.8 Å². The molecule has 0 unspecified atom stereocenters. The highest BCUT2D eigenvalue weighted by Crippen LogP contribution is 2.20. The number of carbonyl (C=O) groups is 2. The van der Waals surface area contributed by atoms with Gasteiger partial charge in [0.05, 0.1) is 5.56 Å². The first-order chi connectivity index (χ1) is 6.60. The summed E-state index contributed by atoms with van der Waals surface area (Å²) in [5.41, 5.74) is 0.0968. The van der Waals surface area contributed by atoms with Crippen LogP contribution in [0.15, 0.2) is 12.1 Å². The van der Waals surface area contributed by atoms with Gasteiger partial charge in [-0.05, 0) is 19.1 Å². The van der Waals surface area contributed by atoms with Crippen LogP contribution in [0.4, 0.5) is 0 Å². The van der Waals surface area contributed by atoms with Crippen LogP contribution in [0, 0.1) is 11.3 Å². The number of carbonyl (C=O) groups excluding carboxylic acids is 2. The average Bonchev–Trinajstić information content (AvgIpc) is 2.16. The van der Waals surface area contributed by atoms with E-state index in [4.69, 9.17) is 5.26 Å². The number of aldehydes is 1. The standard InChI is InChI=1S/C10H7NO3/c1-6(13)9-3-8(14)2-7(4-11)10(9)5-12/h2-3,5,14H,1H3. The molecule has 0 fully saturated rings. The van der Waals surface area contributed by atoms with Crippen LogP contribution in [0.2, 0.25) is 0 Å². The molecule has 70 valence electrons. The Labute approximate surface area is 80.4 Å². The van der Waals surface area contributed by atoms with Crippen LogP contribution in [0.25, 0.3) is 0 Å². The normalized spacial score (nSPS) is 9.14. The molecule has 1 N–H and O–H groups in total. The fraction of sp³-hybridized carbons (Fsp3) is 0.100. The van der Waals surface area contributed by atoms with E-state index in [0.717, 1.165) is 6.07 Å². The third-order valence-corrected chi connectivity index (χ3v) is 1.78. The molecule has 0 saturated heterocycles. The Balaban J connectivity index is 3.57. The summed E-state index contributed by atoms with van der Waals surface area (Å²) < 4.78 is 0. The SMILES string of the molecule is CC(=O)c1cc(O)cc(C#N)c1C=O. The maximum Gasteiger partial charge on any atom is 0.160 e. The maximum absolute atomic E-state index is 11.1. The number of aromatic hydroxyl groups is 1. The largest absolute Gasteiger partial charge is 0.508 e. The van der Waals surface area contributed by atoms with Crippen LogP contribution in [0.5, 0.6) is 5.75 Å². The van der Waals surface area contributed by atoms with Crippen molar-refractivity contribution in [3.05, 3.63) is 28.8 Å². The molecule has 1 rings (SSSR count). The molecule has 1 aromatic rings. The summed E-state index contributed by atoms with van der Waals surface area (Å²) in [4.78, 5) is 21.7. The molecule has 0 aliphatic heterocycles. The highest BCUT2D eigenvalue weighted by molar-refractivity contribution is 6.03. The highest BCUT2D eigenvalue weighted by atomic mass is 16.3. The molecule has 0 aromatic heterocycles. The molecule has 0 aliphatic carbocycles. The van der Waals surface area contributed by atoms with Crippen molar-refractivity contribution in [2.45, 2.75) is 6.92 Å². The smallest absolute Gasteiger partial charge is 0.160 e. The average molecular weight is 189 g/mol. The van der Waals surface area contributed by atoms with Gasteiger partial charge in [0.25, 0.3) is 0 Å². The fourth-order valence-electron chi connectivity index (χ4n) is 1.15. The number of nitrogens with zero attached hydrogens (tertiary/aromatic N) is 1. The Morgan fingerprint density at radius 2 is 2.21 bits per heavy atom. The first-order valence-electron chi connectivity index (χ1n) is 3.83. The van der Waals surface area contributed by atoms with Crippen LogP contribution in [-0.4, -0.2) is 17.2 Å². The summed E-state index contributed by atoms with van der Waals surface area (Å²) in [5, 5.41) is 17.8. The number of phenols is 1. The monoisotopic (exact) mass is 189 g/mol. The van der Waals surface area contributed by atoms with E-state index in [1.165, 1.54) is 13.0 Å². The van der Waals surface area contributed by atoms with Crippen LogP contribution < -0.4 is 0 Å². The van der Waals surface area contributed by atoms with Gasteiger partial charge in [-0.2, -0.15) is 5.26 Å². The summed E-state index contributed by atoms with van der Waals surface area (Å²) in [5.74, 6) is -0.558. The van der Waals surface area contributed by atoms with E-state index in [0.29, 0.717) is 6.29 Å². The lowest BCUT2D eigenvalue weighted by Gasteiger charge is -2.03. The molecule has 0 heterocycles. The lowest BCUT2D eigenvalue weighted by atomic mass is 10.00. The topological polar surface area (TPSA) is 78.2 Å². The molecule has 4 heteroatoms. The Morgan fingerprint density at radius 3 is 2.64 bits per heavy atom. The second-order valence-electron chi connectivity index (χ2n) is 2.74. The number of ketones is 1. The van der Waals surface area contributed by atoms with Gasteiger partial charge in [0, 0.05) is 11.1 Å². The molecule has 4 nitrogen and oxygen atoms in total. The summed E-state index contributed by atoms with van der Waals surface area (Å²) in [6.45, 7) is 1.27. The van der Waals surface area contributed by atoms with E-state index in [-0.39, 0.29) is 28.2 Å². The first kappa shape index (κ1) is 9.93. The maximum atomic E-state index is 11.1. The van der Waals surface area contributed by atoms with E-state index in [2.05, 4.69) is 0 Å². The van der Waals surface area contributed by atoms with Gasteiger partial charge < -0.3 is 5.11 Å². The molecule has 0 saturated carbocycles. The molecule has 1 aromatic carbocycles. The van der Waals surface area contributed by atoms with Crippen molar-refractivity contribution >= 4 is 12.1 Å². The molecule has 0 spiro atoms. The second kappa shape index (κ2) is 3.71. The molecule has 14 heavy (non-hydrogen) atoms. The van der Waals surface area contributed by atoms with Crippen molar-refractivity contribution in [2.24, 2.45) is 0 Å². The Morgan fingerprint density at radius 1 is 1.57 bits per heavy atom. The summed E-state index contributed by atoms with van der Waals surface area (Å²) >= 11 is 0. The van der Waals surface area contributed by atoms with Gasteiger partial charge in [-0.3, -0.25) is 9.59 Å². The number of nitriles is 1. The number of benzene rings is 1. The quantitative estimate of drug-likeness (QED) is 0.561. The third kappa shape index (κ3) is 1.62. The van der Waals surface area contributed by atoms with Crippen LogP contribution in [0.3, 0.4) is 0 Å². The number of Topliss-reactive ketones (excluding diaryl/α,β-unsaturated/α-hetero) is 1. The zero-order valence-corrected chi connectivity index (χ0v) is 7.44. The van der Waals surface area contributed by atoms with Crippen molar-refractivity contribution < 1.29 is 14.7 Å². The van der Waals surface area contributed by atoms with E-state index >= 15 is 0 Å². The van der Waals surface area contributed by atoms with Gasteiger partial charge in [-0.1, -0.05) is 0 Å². The molecule has 0 aliphatic rings. The van der Waals surface area contributed by atoms with E-state index in [9.17, 15) is 14.7 Å². The zero-order valence-electron chi connectivity index (χ0n) is 7.44. The van der Waals surface area contributed by atoms with Gasteiger partial charge in [-0.25, -0.2) is 0 Å². The fourth-order valence-corrected chi connectivity index (χ4v) is 1.15. The van der Waals surface area contributed by atoms with Crippen LogP contribution >= 0.6 is 0 Å².